The van der Waals surface area contributed by atoms with E-state index in [0.29, 0.717) is 5.75 Å². The van der Waals surface area contributed by atoms with Gasteiger partial charge < -0.3 is 10.5 Å². The number of ether oxygens (including phenoxy) is 1. The molecule has 0 saturated carbocycles. The van der Waals surface area contributed by atoms with Gasteiger partial charge in [-0.05, 0) is 49.1 Å². The number of H-pyrrole nitrogens is 1. The van der Waals surface area contributed by atoms with Crippen molar-refractivity contribution >= 4 is 17.4 Å². The average molecular weight is 499 g/mol. The number of aromatic nitrogens is 2. The fourth-order valence-electron chi connectivity index (χ4n) is 4.11. The Morgan fingerprint density at radius 1 is 0.946 bits per heavy atom. The summed E-state index contributed by atoms with van der Waals surface area (Å²) in [6, 6.07) is 24.1. The molecule has 0 aliphatic heterocycles. The van der Waals surface area contributed by atoms with E-state index in [-0.39, 0.29) is 24.6 Å². The third-order valence-electron chi connectivity index (χ3n) is 6.32. The first-order valence-corrected chi connectivity index (χ1v) is 12.0. The molecule has 8 heteroatoms. The minimum absolute atomic E-state index is 0.0665. The van der Waals surface area contributed by atoms with Gasteiger partial charge in [0.05, 0.1) is 13.1 Å². The SMILES string of the molecule is Cc1cccc(OC(C)C(=O)N(Cc2ccccc2)c2c(N)n(Cc3ccccc3)c(=O)[nH]c2=O)c1C. The summed E-state index contributed by atoms with van der Waals surface area (Å²) in [6.07, 6.45) is -0.933. The van der Waals surface area contributed by atoms with E-state index in [4.69, 9.17) is 10.5 Å². The Bertz CT molecular complexity index is 1510. The summed E-state index contributed by atoms with van der Waals surface area (Å²) in [5, 5.41) is 0. The number of nitrogens with two attached hydrogens (primary N) is 1. The van der Waals surface area contributed by atoms with Crippen LogP contribution in [0.2, 0.25) is 0 Å². The van der Waals surface area contributed by atoms with Gasteiger partial charge in [-0.1, -0.05) is 72.8 Å². The molecule has 0 fully saturated rings. The average Bonchev–Trinajstić information content (AvgIpc) is 2.89. The normalized spacial score (nSPS) is 11.6. The molecular weight excluding hydrogens is 468 g/mol. The number of carbonyl (C=O) groups is 1. The summed E-state index contributed by atoms with van der Waals surface area (Å²) in [6.45, 7) is 5.72. The zero-order valence-corrected chi connectivity index (χ0v) is 21.1. The largest absolute Gasteiger partial charge is 0.481 e. The van der Waals surface area contributed by atoms with Gasteiger partial charge in [-0.3, -0.25) is 24.0 Å². The Balaban J connectivity index is 1.77. The van der Waals surface area contributed by atoms with Crippen molar-refractivity contribution in [1.82, 2.24) is 9.55 Å². The highest BCUT2D eigenvalue weighted by Gasteiger charge is 2.29. The van der Waals surface area contributed by atoms with E-state index in [9.17, 15) is 14.4 Å². The molecule has 1 heterocycles. The maximum atomic E-state index is 13.8. The Labute approximate surface area is 215 Å². The van der Waals surface area contributed by atoms with Crippen molar-refractivity contribution < 1.29 is 9.53 Å². The van der Waals surface area contributed by atoms with E-state index >= 15 is 0 Å². The number of benzene rings is 3. The number of anilines is 2. The van der Waals surface area contributed by atoms with Crippen LogP contribution < -0.4 is 26.6 Å². The van der Waals surface area contributed by atoms with Crippen LogP contribution in [-0.2, 0) is 17.9 Å². The number of nitrogens with zero attached hydrogens (tertiary/aromatic N) is 2. The molecule has 3 aromatic carbocycles. The van der Waals surface area contributed by atoms with E-state index in [0.717, 1.165) is 22.3 Å². The first-order chi connectivity index (χ1) is 17.8. The molecule has 1 amide bonds. The van der Waals surface area contributed by atoms with Gasteiger partial charge in [0.1, 0.15) is 11.6 Å². The standard InChI is InChI=1S/C29H30N4O4/c1-19-11-10-16-24(20(19)2)37-21(3)28(35)32(17-22-12-6-4-7-13-22)25-26(30)33(29(36)31-27(25)34)18-23-14-8-5-9-15-23/h4-16,21H,17-18,30H2,1-3H3,(H,31,34,36). The Morgan fingerprint density at radius 3 is 2.22 bits per heavy atom. The number of aryl methyl sites for hydroxylation is 1. The molecular formula is C29H30N4O4. The molecule has 4 aromatic rings. The summed E-state index contributed by atoms with van der Waals surface area (Å²) in [5.74, 6) is 0.0177. The van der Waals surface area contributed by atoms with E-state index in [2.05, 4.69) is 4.98 Å². The molecule has 1 aromatic heterocycles. The number of hydrogen-bond acceptors (Lipinski definition) is 5. The molecule has 0 aliphatic carbocycles. The molecule has 8 nitrogen and oxygen atoms in total. The number of hydrogen-bond donors (Lipinski definition) is 2. The third kappa shape index (κ3) is 5.64. The van der Waals surface area contributed by atoms with Gasteiger partial charge in [-0.15, -0.1) is 0 Å². The maximum Gasteiger partial charge on any atom is 0.330 e. The Morgan fingerprint density at radius 2 is 1.57 bits per heavy atom. The van der Waals surface area contributed by atoms with Crippen LogP contribution in [0.15, 0.2) is 88.5 Å². The van der Waals surface area contributed by atoms with Gasteiger partial charge in [0.15, 0.2) is 11.8 Å². The van der Waals surface area contributed by atoms with Crippen LogP contribution in [0.1, 0.15) is 29.2 Å². The quantitative estimate of drug-likeness (QED) is 0.384. The topological polar surface area (TPSA) is 110 Å². The molecule has 0 saturated heterocycles. The van der Waals surface area contributed by atoms with Crippen molar-refractivity contribution in [2.24, 2.45) is 0 Å². The van der Waals surface area contributed by atoms with E-state index in [1.807, 2.05) is 86.6 Å². The molecule has 0 radical (unpaired) electrons. The Hall–Kier alpha value is -4.59. The van der Waals surface area contributed by atoms with Crippen molar-refractivity contribution in [2.45, 2.75) is 40.0 Å². The second kappa shape index (κ2) is 11.0. The van der Waals surface area contributed by atoms with E-state index < -0.39 is 23.3 Å². The Kier molecular flexibility index (Phi) is 7.57. The minimum atomic E-state index is -0.933. The summed E-state index contributed by atoms with van der Waals surface area (Å²) in [7, 11) is 0. The monoisotopic (exact) mass is 498 g/mol. The maximum absolute atomic E-state index is 13.8. The van der Waals surface area contributed by atoms with Crippen molar-refractivity contribution in [3.8, 4) is 5.75 Å². The molecule has 1 atom stereocenters. The van der Waals surface area contributed by atoms with Crippen molar-refractivity contribution in [2.75, 3.05) is 10.6 Å². The summed E-state index contributed by atoms with van der Waals surface area (Å²) >= 11 is 0. The van der Waals surface area contributed by atoms with Gasteiger partial charge in [-0.2, -0.15) is 0 Å². The number of carbonyl (C=O) groups excluding carboxylic acids is 1. The van der Waals surface area contributed by atoms with Crippen LogP contribution in [0.25, 0.3) is 0 Å². The van der Waals surface area contributed by atoms with Crippen LogP contribution >= 0.6 is 0 Å². The summed E-state index contributed by atoms with van der Waals surface area (Å²) in [4.78, 5) is 43.2. The minimum Gasteiger partial charge on any atom is -0.481 e. The van der Waals surface area contributed by atoms with Gasteiger partial charge in [0.2, 0.25) is 0 Å². The predicted molar refractivity (Wildman–Crippen MR) is 145 cm³/mol. The lowest BCUT2D eigenvalue weighted by atomic mass is 10.1. The van der Waals surface area contributed by atoms with Crippen molar-refractivity contribution in [1.29, 1.82) is 0 Å². The molecule has 37 heavy (non-hydrogen) atoms. The molecule has 190 valence electrons. The molecule has 0 bridgehead atoms. The number of nitrogens with one attached hydrogen (secondary N) is 1. The number of aromatic amines is 1. The predicted octanol–water partition coefficient (Wildman–Crippen LogP) is 3.78. The van der Waals surface area contributed by atoms with E-state index in [1.165, 1.54) is 9.47 Å². The lowest BCUT2D eigenvalue weighted by Gasteiger charge is -2.28. The first-order valence-electron chi connectivity index (χ1n) is 12.0. The van der Waals surface area contributed by atoms with Gasteiger partial charge >= 0.3 is 5.69 Å². The second-order valence-corrected chi connectivity index (χ2v) is 8.93. The van der Waals surface area contributed by atoms with Crippen LogP contribution in [0.3, 0.4) is 0 Å². The smallest absolute Gasteiger partial charge is 0.330 e. The second-order valence-electron chi connectivity index (χ2n) is 8.93. The van der Waals surface area contributed by atoms with Crippen molar-refractivity contribution in [3.05, 3.63) is 122 Å². The fraction of sp³-hybridized carbons (Fsp3) is 0.207. The molecule has 0 spiro atoms. The fourth-order valence-corrected chi connectivity index (χ4v) is 4.11. The van der Waals surface area contributed by atoms with Gasteiger partial charge in [-0.25, -0.2) is 4.79 Å². The summed E-state index contributed by atoms with van der Waals surface area (Å²) < 4.78 is 7.30. The molecule has 3 N–H and O–H groups in total. The number of rotatable bonds is 8. The lowest BCUT2D eigenvalue weighted by molar-refractivity contribution is -0.124. The highest BCUT2D eigenvalue weighted by Crippen LogP contribution is 2.25. The first kappa shape index (κ1) is 25.5. The lowest BCUT2D eigenvalue weighted by Crippen LogP contribution is -2.45. The molecule has 0 aliphatic rings. The van der Waals surface area contributed by atoms with Crippen LogP contribution in [-0.4, -0.2) is 21.6 Å². The van der Waals surface area contributed by atoms with E-state index in [1.54, 1.807) is 13.0 Å². The van der Waals surface area contributed by atoms with Crippen molar-refractivity contribution in [3.63, 3.8) is 0 Å². The van der Waals surface area contributed by atoms with Crippen LogP contribution in [0.5, 0.6) is 5.75 Å². The zero-order chi connectivity index (χ0) is 26.5. The highest BCUT2D eigenvalue weighted by molar-refractivity contribution is 5.98. The number of nitrogen functional groups attached to an aromatic ring is 1. The van der Waals surface area contributed by atoms with Crippen LogP contribution in [0.4, 0.5) is 11.5 Å². The van der Waals surface area contributed by atoms with Gasteiger partial charge in [0.25, 0.3) is 11.5 Å². The zero-order valence-electron chi connectivity index (χ0n) is 21.1. The third-order valence-corrected chi connectivity index (χ3v) is 6.32. The highest BCUT2D eigenvalue weighted by atomic mass is 16.5. The molecule has 1 unspecified atom stereocenters. The molecule has 4 rings (SSSR count). The van der Waals surface area contributed by atoms with Crippen LogP contribution in [0, 0.1) is 13.8 Å². The number of amides is 1. The van der Waals surface area contributed by atoms with Gasteiger partial charge in [0, 0.05) is 0 Å². The summed E-state index contributed by atoms with van der Waals surface area (Å²) in [5.41, 5.74) is 8.51.